The Balaban J connectivity index is 1.48. The molecular formula is C22H20N2O3. The van der Waals surface area contributed by atoms with Gasteiger partial charge in [0.15, 0.2) is 6.61 Å². The zero-order valence-corrected chi connectivity index (χ0v) is 14.9. The molecule has 5 heteroatoms. The van der Waals surface area contributed by atoms with Crippen molar-refractivity contribution in [3.05, 3.63) is 83.9 Å². The highest BCUT2D eigenvalue weighted by atomic mass is 16.5. The van der Waals surface area contributed by atoms with Gasteiger partial charge in [-0.25, -0.2) is 0 Å². The van der Waals surface area contributed by atoms with Crippen molar-refractivity contribution in [2.24, 2.45) is 0 Å². The van der Waals surface area contributed by atoms with Gasteiger partial charge in [0.25, 0.3) is 11.8 Å². The van der Waals surface area contributed by atoms with Crippen LogP contribution in [0.2, 0.25) is 0 Å². The van der Waals surface area contributed by atoms with Crippen molar-refractivity contribution >= 4 is 28.7 Å². The zero-order valence-electron chi connectivity index (χ0n) is 14.9. The third-order valence-electron chi connectivity index (χ3n) is 3.94. The first kappa shape index (κ1) is 18.2. The van der Waals surface area contributed by atoms with Crippen LogP contribution in [0.3, 0.4) is 0 Å². The molecule has 3 aromatic carbocycles. The number of carbonyl (C=O) groups is 2. The van der Waals surface area contributed by atoms with E-state index in [0.717, 1.165) is 21.9 Å². The summed E-state index contributed by atoms with van der Waals surface area (Å²) in [5, 5.41) is 1.96. The van der Waals surface area contributed by atoms with Gasteiger partial charge in [0.1, 0.15) is 5.75 Å². The normalized spacial score (nSPS) is 10.7. The molecule has 0 aliphatic rings. The number of aryl methyl sites for hydroxylation is 1. The fourth-order valence-corrected chi connectivity index (χ4v) is 2.52. The third kappa shape index (κ3) is 5.19. The number of nitrogens with one attached hydrogen (secondary N) is 2. The molecule has 5 nitrogen and oxygen atoms in total. The molecule has 0 bridgehead atoms. The van der Waals surface area contributed by atoms with Crippen molar-refractivity contribution in [1.82, 2.24) is 10.9 Å². The molecule has 136 valence electrons. The van der Waals surface area contributed by atoms with Crippen molar-refractivity contribution in [2.75, 3.05) is 6.61 Å². The van der Waals surface area contributed by atoms with Gasteiger partial charge in [-0.2, -0.15) is 0 Å². The Morgan fingerprint density at radius 2 is 1.67 bits per heavy atom. The molecule has 27 heavy (non-hydrogen) atoms. The number of hydrazine groups is 1. The lowest BCUT2D eigenvalue weighted by Gasteiger charge is -2.09. The Labute approximate surface area is 157 Å². The Morgan fingerprint density at radius 3 is 2.48 bits per heavy atom. The highest BCUT2D eigenvalue weighted by Crippen LogP contribution is 2.24. The van der Waals surface area contributed by atoms with E-state index in [-0.39, 0.29) is 6.61 Å². The lowest BCUT2D eigenvalue weighted by Crippen LogP contribution is -2.43. The van der Waals surface area contributed by atoms with Crippen LogP contribution in [0, 0.1) is 6.92 Å². The quantitative estimate of drug-likeness (QED) is 0.541. The van der Waals surface area contributed by atoms with Gasteiger partial charge < -0.3 is 4.74 Å². The maximum atomic E-state index is 11.9. The summed E-state index contributed by atoms with van der Waals surface area (Å²) in [4.78, 5) is 23.7. The second kappa shape index (κ2) is 8.67. The highest BCUT2D eigenvalue weighted by molar-refractivity contribution is 5.93. The van der Waals surface area contributed by atoms with Gasteiger partial charge in [0.2, 0.25) is 0 Å². The molecule has 0 unspecified atom stereocenters. The van der Waals surface area contributed by atoms with E-state index < -0.39 is 11.8 Å². The minimum Gasteiger partial charge on any atom is -0.483 e. The summed E-state index contributed by atoms with van der Waals surface area (Å²) in [6, 6.07) is 21.2. The van der Waals surface area contributed by atoms with E-state index in [9.17, 15) is 9.59 Å². The van der Waals surface area contributed by atoms with Gasteiger partial charge in [0.05, 0.1) is 0 Å². The van der Waals surface area contributed by atoms with Gasteiger partial charge in [-0.3, -0.25) is 20.4 Å². The maximum absolute atomic E-state index is 11.9. The van der Waals surface area contributed by atoms with E-state index >= 15 is 0 Å². The van der Waals surface area contributed by atoms with E-state index in [1.807, 2.05) is 67.6 Å². The molecule has 0 atom stereocenters. The van der Waals surface area contributed by atoms with Crippen LogP contribution in [0.25, 0.3) is 16.8 Å². The molecule has 0 aromatic heterocycles. The number of hydrogen-bond donors (Lipinski definition) is 2. The summed E-state index contributed by atoms with van der Waals surface area (Å²) in [6.45, 7) is 1.80. The molecule has 3 aromatic rings. The number of ether oxygens (including phenoxy) is 1. The standard InChI is InChI=1S/C22H20N2O3/c1-16-9-11-17(12-10-16)13-14-21(25)23-24-22(26)15-27-20-8-4-6-18-5-2-3-7-19(18)20/h2-14H,15H2,1H3,(H,23,25)(H,24,26)/b14-13+. The third-order valence-corrected chi connectivity index (χ3v) is 3.94. The highest BCUT2D eigenvalue weighted by Gasteiger charge is 2.06. The SMILES string of the molecule is Cc1ccc(/C=C/C(=O)NNC(=O)COc2cccc3ccccc23)cc1. The molecule has 0 aliphatic heterocycles. The number of amides is 2. The minimum atomic E-state index is -0.444. The number of fused-ring (bicyclic) bond motifs is 1. The van der Waals surface area contributed by atoms with Gasteiger partial charge in [-0.05, 0) is 30.0 Å². The number of hydrogen-bond acceptors (Lipinski definition) is 3. The van der Waals surface area contributed by atoms with Crippen LogP contribution in [0.1, 0.15) is 11.1 Å². The number of carbonyl (C=O) groups excluding carboxylic acids is 2. The summed E-state index contributed by atoms with van der Waals surface area (Å²) in [6.07, 6.45) is 3.03. The van der Waals surface area contributed by atoms with Crippen LogP contribution in [0.5, 0.6) is 5.75 Å². The molecule has 0 radical (unpaired) electrons. The van der Waals surface area contributed by atoms with Gasteiger partial charge in [-0.1, -0.05) is 66.2 Å². The average molecular weight is 360 g/mol. The first-order valence-corrected chi connectivity index (χ1v) is 8.56. The summed E-state index contributed by atoms with van der Waals surface area (Å²) >= 11 is 0. The minimum absolute atomic E-state index is 0.198. The summed E-state index contributed by atoms with van der Waals surface area (Å²) in [7, 11) is 0. The van der Waals surface area contributed by atoms with Crippen molar-refractivity contribution in [3.63, 3.8) is 0 Å². The summed E-state index contributed by atoms with van der Waals surface area (Å²) < 4.78 is 5.57. The van der Waals surface area contributed by atoms with Crippen molar-refractivity contribution in [1.29, 1.82) is 0 Å². The number of rotatable bonds is 5. The predicted molar refractivity (Wildman–Crippen MR) is 106 cm³/mol. The first-order valence-electron chi connectivity index (χ1n) is 8.56. The average Bonchev–Trinajstić information content (AvgIpc) is 2.70. The second-order valence-corrected chi connectivity index (χ2v) is 6.05. The lowest BCUT2D eigenvalue weighted by atomic mass is 10.1. The van der Waals surface area contributed by atoms with Crippen molar-refractivity contribution < 1.29 is 14.3 Å². The molecule has 0 fully saturated rings. The molecular weight excluding hydrogens is 340 g/mol. The number of benzene rings is 3. The van der Waals surface area contributed by atoms with Crippen LogP contribution in [-0.2, 0) is 9.59 Å². The maximum Gasteiger partial charge on any atom is 0.276 e. The zero-order chi connectivity index (χ0) is 19.1. The molecule has 0 saturated carbocycles. The molecule has 2 N–H and O–H groups in total. The topological polar surface area (TPSA) is 67.4 Å². The molecule has 3 rings (SSSR count). The largest absolute Gasteiger partial charge is 0.483 e. The van der Waals surface area contributed by atoms with Crippen LogP contribution in [0.15, 0.2) is 72.8 Å². The fourth-order valence-electron chi connectivity index (χ4n) is 2.52. The Kier molecular flexibility index (Phi) is 5.84. The van der Waals surface area contributed by atoms with Gasteiger partial charge in [0, 0.05) is 11.5 Å². The smallest absolute Gasteiger partial charge is 0.276 e. The van der Waals surface area contributed by atoms with Crippen LogP contribution < -0.4 is 15.6 Å². The van der Waals surface area contributed by atoms with Crippen molar-refractivity contribution in [3.8, 4) is 5.75 Å². The Morgan fingerprint density at radius 1 is 0.926 bits per heavy atom. The molecule has 2 amide bonds. The molecule has 0 saturated heterocycles. The van der Waals surface area contributed by atoms with E-state index in [1.165, 1.54) is 6.08 Å². The summed E-state index contributed by atoms with van der Waals surface area (Å²) in [5.41, 5.74) is 6.72. The van der Waals surface area contributed by atoms with Crippen LogP contribution in [-0.4, -0.2) is 18.4 Å². The molecule has 0 heterocycles. The molecule has 0 aliphatic carbocycles. The van der Waals surface area contributed by atoms with E-state index in [0.29, 0.717) is 5.75 Å². The lowest BCUT2D eigenvalue weighted by molar-refractivity contribution is -0.128. The van der Waals surface area contributed by atoms with E-state index in [2.05, 4.69) is 10.9 Å². The Bertz CT molecular complexity index is 973. The first-order chi connectivity index (χ1) is 13.1. The summed E-state index contributed by atoms with van der Waals surface area (Å²) in [5.74, 6) is -0.247. The fraction of sp³-hybridized carbons (Fsp3) is 0.0909. The monoisotopic (exact) mass is 360 g/mol. The van der Waals surface area contributed by atoms with Crippen LogP contribution >= 0.6 is 0 Å². The predicted octanol–water partition coefficient (Wildman–Crippen LogP) is 3.39. The second-order valence-electron chi connectivity index (χ2n) is 6.05. The van der Waals surface area contributed by atoms with E-state index in [4.69, 9.17) is 4.74 Å². The molecule has 0 spiro atoms. The van der Waals surface area contributed by atoms with E-state index in [1.54, 1.807) is 12.1 Å². The van der Waals surface area contributed by atoms with Crippen LogP contribution in [0.4, 0.5) is 0 Å². The van der Waals surface area contributed by atoms with Crippen molar-refractivity contribution in [2.45, 2.75) is 6.92 Å². The van der Waals surface area contributed by atoms with Gasteiger partial charge >= 0.3 is 0 Å². The Hall–Kier alpha value is -3.60. The van der Waals surface area contributed by atoms with Gasteiger partial charge in [-0.15, -0.1) is 0 Å².